The van der Waals surface area contributed by atoms with Crippen molar-refractivity contribution < 1.29 is 0 Å². The summed E-state index contributed by atoms with van der Waals surface area (Å²) in [6.07, 6.45) is 7.72. The zero-order valence-electron chi connectivity index (χ0n) is 10.6. The van der Waals surface area contributed by atoms with E-state index in [1.165, 1.54) is 31.2 Å². The highest BCUT2D eigenvalue weighted by atomic mass is 79.9. The molecule has 100 valence electrons. The Labute approximate surface area is 127 Å². The van der Waals surface area contributed by atoms with E-state index in [1.807, 2.05) is 17.8 Å². The van der Waals surface area contributed by atoms with Crippen molar-refractivity contribution in [2.24, 2.45) is 0 Å². The molecule has 2 rings (SSSR count). The maximum absolute atomic E-state index is 5.99. The molecule has 1 fully saturated rings. The van der Waals surface area contributed by atoms with Crippen LogP contribution in [0.4, 0.5) is 0 Å². The maximum atomic E-state index is 5.99. The van der Waals surface area contributed by atoms with Gasteiger partial charge in [-0.15, -0.1) is 0 Å². The van der Waals surface area contributed by atoms with Gasteiger partial charge < -0.3 is 5.32 Å². The van der Waals surface area contributed by atoms with Crippen LogP contribution in [0.3, 0.4) is 0 Å². The first-order valence-electron chi connectivity index (χ1n) is 6.35. The smallest absolute Gasteiger partial charge is 0.0548 e. The van der Waals surface area contributed by atoms with E-state index in [9.17, 15) is 0 Å². The second-order valence-corrected chi connectivity index (χ2v) is 7.48. The average Bonchev–Trinajstić information content (AvgIpc) is 2.83. The second-order valence-electron chi connectivity index (χ2n) is 4.95. The highest BCUT2D eigenvalue weighted by Gasteiger charge is 2.32. The lowest BCUT2D eigenvalue weighted by atomic mass is 10.1. The normalized spacial score (nSPS) is 18.2. The molecule has 0 radical (unpaired) electrons. The van der Waals surface area contributed by atoms with Crippen molar-refractivity contribution in [1.29, 1.82) is 0 Å². The predicted octanol–water partition coefficient (Wildman–Crippen LogP) is 4.87. The molecule has 1 N–H and O–H groups in total. The standard InChI is InChI=1S/C14H19BrClNS/c1-18-14(6-2-3-7-14)10-17-9-11-4-5-13(16)12(15)8-11/h4-5,8,17H,2-3,6-7,9-10H2,1H3. The van der Waals surface area contributed by atoms with Crippen molar-refractivity contribution >= 4 is 39.3 Å². The third kappa shape index (κ3) is 3.66. The first kappa shape index (κ1) is 14.7. The molecular weight excluding hydrogens is 330 g/mol. The molecule has 0 saturated heterocycles. The van der Waals surface area contributed by atoms with Gasteiger partial charge in [-0.1, -0.05) is 30.5 Å². The lowest BCUT2D eigenvalue weighted by Gasteiger charge is -2.27. The van der Waals surface area contributed by atoms with Crippen LogP contribution in [0.2, 0.25) is 5.02 Å². The van der Waals surface area contributed by atoms with Gasteiger partial charge in [0.25, 0.3) is 0 Å². The van der Waals surface area contributed by atoms with Gasteiger partial charge in [0.2, 0.25) is 0 Å². The monoisotopic (exact) mass is 347 g/mol. The zero-order chi connectivity index (χ0) is 13.0. The van der Waals surface area contributed by atoms with Crippen LogP contribution in [0, 0.1) is 0 Å². The van der Waals surface area contributed by atoms with Crippen LogP contribution in [0.1, 0.15) is 31.2 Å². The van der Waals surface area contributed by atoms with Gasteiger partial charge in [0.05, 0.1) is 5.02 Å². The number of benzene rings is 1. The fourth-order valence-electron chi connectivity index (χ4n) is 2.56. The Bertz CT molecular complexity index is 405. The molecule has 18 heavy (non-hydrogen) atoms. The summed E-state index contributed by atoms with van der Waals surface area (Å²) >= 11 is 11.5. The minimum absolute atomic E-state index is 0.476. The number of hydrogen-bond acceptors (Lipinski definition) is 2. The van der Waals surface area contributed by atoms with Crippen LogP contribution in [0.25, 0.3) is 0 Å². The van der Waals surface area contributed by atoms with E-state index in [4.69, 9.17) is 11.6 Å². The first-order chi connectivity index (χ1) is 8.65. The Morgan fingerprint density at radius 3 is 2.72 bits per heavy atom. The van der Waals surface area contributed by atoms with Crippen molar-refractivity contribution in [1.82, 2.24) is 5.32 Å². The van der Waals surface area contributed by atoms with Gasteiger partial charge in [0.15, 0.2) is 0 Å². The van der Waals surface area contributed by atoms with Crippen molar-refractivity contribution in [2.75, 3.05) is 12.8 Å². The van der Waals surface area contributed by atoms with Crippen LogP contribution >= 0.6 is 39.3 Å². The van der Waals surface area contributed by atoms with Crippen LogP contribution in [0.15, 0.2) is 22.7 Å². The van der Waals surface area contributed by atoms with E-state index in [0.717, 1.165) is 22.6 Å². The van der Waals surface area contributed by atoms with Crippen molar-refractivity contribution in [2.45, 2.75) is 37.0 Å². The zero-order valence-corrected chi connectivity index (χ0v) is 13.8. The van der Waals surface area contributed by atoms with E-state index in [0.29, 0.717) is 4.75 Å². The number of rotatable bonds is 5. The number of halogens is 2. The Morgan fingerprint density at radius 2 is 2.11 bits per heavy atom. The fourth-order valence-corrected chi connectivity index (χ4v) is 4.04. The topological polar surface area (TPSA) is 12.0 Å². The van der Waals surface area contributed by atoms with Gasteiger partial charge >= 0.3 is 0 Å². The second kappa shape index (κ2) is 6.65. The quantitative estimate of drug-likeness (QED) is 0.815. The van der Waals surface area contributed by atoms with Gasteiger partial charge in [-0.25, -0.2) is 0 Å². The molecule has 0 atom stereocenters. The van der Waals surface area contributed by atoms with E-state index in [1.54, 1.807) is 0 Å². The van der Waals surface area contributed by atoms with E-state index in [2.05, 4.69) is 39.6 Å². The van der Waals surface area contributed by atoms with Gasteiger partial charge in [0.1, 0.15) is 0 Å². The minimum Gasteiger partial charge on any atom is -0.311 e. The molecule has 0 amide bonds. The first-order valence-corrected chi connectivity index (χ1v) is 8.75. The van der Waals surface area contributed by atoms with Crippen LogP contribution in [-0.4, -0.2) is 17.5 Å². The van der Waals surface area contributed by atoms with Crippen LogP contribution in [0.5, 0.6) is 0 Å². The summed E-state index contributed by atoms with van der Waals surface area (Å²) in [5, 5.41) is 4.37. The Hall–Kier alpha value is 0.300. The molecule has 1 aromatic carbocycles. The van der Waals surface area contributed by atoms with E-state index >= 15 is 0 Å². The lowest BCUT2D eigenvalue weighted by Crippen LogP contribution is -2.34. The maximum Gasteiger partial charge on any atom is 0.0548 e. The molecule has 1 nitrogen and oxygen atoms in total. The molecule has 0 spiro atoms. The molecule has 0 heterocycles. The highest BCUT2D eigenvalue weighted by molar-refractivity contribution is 9.10. The van der Waals surface area contributed by atoms with Crippen LogP contribution in [-0.2, 0) is 6.54 Å². The van der Waals surface area contributed by atoms with Gasteiger partial charge in [0, 0.05) is 22.3 Å². The summed E-state index contributed by atoms with van der Waals surface area (Å²) in [4.78, 5) is 0. The summed E-state index contributed by atoms with van der Waals surface area (Å²) in [6, 6.07) is 6.12. The third-order valence-corrected chi connectivity index (χ3v) is 6.34. The summed E-state index contributed by atoms with van der Waals surface area (Å²) in [7, 11) is 0. The Kier molecular flexibility index (Phi) is 5.43. The molecule has 1 aromatic rings. The predicted molar refractivity (Wildman–Crippen MR) is 85.6 cm³/mol. The van der Waals surface area contributed by atoms with Crippen LogP contribution < -0.4 is 5.32 Å². The number of nitrogens with one attached hydrogen (secondary N) is 1. The average molecular weight is 349 g/mol. The van der Waals surface area contributed by atoms with Gasteiger partial charge in [-0.3, -0.25) is 0 Å². The molecule has 4 heteroatoms. The van der Waals surface area contributed by atoms with Crippen molar-refractivity contribution in [3.05, 3.63) is 33.3 Å². The van der Waals surface area contributed by atoms with Gasteiger partial charge in [-0.2, -0.15) is 11.8 Å². The summed E-state index contributed by atoms with van der Waals surface area (Å²) in [5.41, 5.74) is 1.28. The van der Waals surface area contributed by atoms with Crippen molar-refractivity contribution in [3.8, 4) is 0 Å². The van der Waals surface area contributed by atoms with Crippen molar-refractivity contribution in [3.63, 3.8) is 0 Å². The Morgan fingerprint density at radius 1 is 1.39 bits per heavy atom. The summed E-state index contributed by atoms with van der Waals surface area (Å²) in [5.74, 6) is 0. The summed E-state index contributed by atoms with van der Waals surface area (Å²) in [6.45, 7) is 2.02. The summed E-state index contributed by atoms with van der Waals surface area (Å²) < 4.78 is 1.45. The highest BCUT2D eigenvalue weighted by Crippen LogP contribution is 2.39. The molecule has 1 aliphatic carbocycles. The molecule has 1 saturated carbocycles. The lowest BCUT2D eigenvalue weighted by molar-refractivity contribution is 0.533. The largest absolute Gasteiger partial charge is 0.311 e. The van der Waals surface area contributed by atoms with E-state index in [-0.39, 0.29) is 0 Å². The minimum atomic E-state index is 0.476. The van der Waals surface area contributed by atoms with Gasteiger partial charge in [-0.05, 0) is 52.7 Å². The molecule has 0 aromatic heterocycles. The number of hydrogen-bond donors (Lipinski definition) is 1. The number of thioether (sulfide) groups is 1. The third-order valence-electron chi connectivity index (χ3n) is 3.71. The molecule has 0 bridgehead atoms. The SMILES string of the molecule is CSC1(CNCc2ccc(Cl)c(Br)c2)CCCC1. The Balaban J connectivity index is 1.86. The molecule has 1 aliphatic rings. The fraction of sp³-hybridized carbons (Fsp3) is 0.571. The molecule has 0 unspecified atom stereocenters. The van der Waals surface area contributed by atoms with E-state index < -0.39 is 0 Å². The molecular formula is C14H19BrClNS. The molecule has 0 aliphatic heterocycles.